The number of fused-ring (bicyclic) bond motifs is 1. The summed E-state index contributed by atoms with van der Waals surface area (Å²) in [6.45, 7) is 5.70. The van der Waals surface area contributed by atoms with Crippen LogP contribution < -0.4 is 15.5 Å². The Bertz CT molecular complexity index is 912. The van der Waals surface area contributed by atoms with Gasteiger partial charge in [0.05, 0.1) is 12.6 Å². The predicted octanol–water partition coefficient (Wildman–Crippen LogP) is 3.74. The molecule has 4 rings (SSSR count). The number of carbonyl (C=O) groups excluding carboxylic acids is 1. The highest BCUT2D eigenvalue weighted by atomic mass is 127. The van der Waals surface area contributed by atoms with E-state index in [1.54, 1.807) is 0 Å². The van der Waals surface area contributed by atoms with Gasteiger partial charge in [-0.05, 0) is 55.5 Å². The largest absolute Gasteiger partial charge is 0.376 e. The number of nitrogens with one attached hydrogen (secondary N) is 2. The molecule has 1 fully saturated rings. The molecule has 0 aromatic heterocycles. The molecule has 0 aliphatic carbocycles. The van der Waals surface area contributed by atoms with Gasteiger partial charge in [-0.1, -0.05) is 30.3 Å². The van der Waals surface area contributed by atoms with Gasteiger partial charge >= 0.3 is 0 Å². The summed E-state index contributed by atoms with van der Waals surface area (Å²) in [7, 11) is 0. The maximum atomic E-state index is 12.5. The summed E-state index contributed by atoms with van der Waals surface area (Å²) < 4.78 is 5.58. The molecule has 166 valence electrons. The lowest BCUT2D eigenvalue weighted by Crippen LogP contribution is -2.40. The molecule has 0 saturated carbocycles. The molecular weight excluding hydrogens is 503 g/mol. The Morgan fingerprint density at radius 2 is 2.06 bits per heavy atom. The molecular formula is C24H31IN4O2. The third-order valence-corrected chi connectivity index (χ3v) is 5.59. The molecule has 0 spiro atoms. The molecule has 1 unspecified atom stereocenters. The zero-order chi connectivity index (χ0) is 20.8. The first kappa shape index (κ1) is 23.5. The monoisotopic (exact) mass is 534 g/mol. The van der Waals surface area contributed by atoms with Crippen molar-refractivity contribution in [2.24, 2.45) is 4.99 Å². The lowest BCUT2D eigenvalue weighted by molar-refractivity contribution is 0.0857. The Hall–Kier alpha value is -2.13. The summed E-state index contributed by atoms with van der Waals surface area (Å²) in [4.78, 5) is 19.6. The number of nitrogens with zero attached hydrogens (tertiary/aromatic N) is 2. The minimum absolute atomic E-state index is 0. The number of halogens is 1. The van der Waals surface area contributed by atoms with Crippen LogP contribution in [0.1, 0.15) is 41.3 Å². The van der Waals surface area contributed by atoms with E-state index in [1.807, 2.05) is 24.3 Å². The average molecular weight is 534 g/mol. The number of para-hydroxylation sites is 1. The van der Waals surface area contributed by atoms with Crippen molar-refractivity contribution in [3.8, 4) is 0 Å². The van der Waals surface area contributed by atoms with Crippen molar-refractivity contribution in [1.29, 1.82) is 0 Å². The van der Waals surface area contributed by atoms with E-state index >= 15 is 0 Å². The second kappa shape index (κ2) is 11.5. The van der Waals surface area contributed by atoms with Crippen molar-refractivity contribution < 1.29 is 9.53 Å². The zero-order valence-corrected chi connectivity index (χ0v) is 20.3. The second-order valence-electron chi connectivity index (χ2n) is 7.75. The highest BCUT2D eigenvalue weighted by molar-refractivity contribution is 14.0. The van der Waals surface area contributed by atoms with Gasteiger partial charge in [0.2, 0.25) is 0 Å². The first-order chi connectivity index (χ1) is 14.7. The molecule has 1 amide bonds. The van der Waals surface area contributed by atoms with Crippen LogP contribution in [0, 0.1) is 0 Å². The van der Waals surface area contributed by atoms with E-state index in [0.717, 1.165) is 50.5 Å². The standard InChI is InChI=1S/C24H30N4O2.HI/c1-2-25-24(28-13-12-19-8-3-4-11-22(19)28)27-16-18-7-5-9-20(15-18)23(29)26-17-21-10-6-14-30-21;/h3-5,7-9,11,15,21H,2,6,10,12-14,16-17H2,1H3,(H,25,27)(H,26,29);1H. The third-order valence-electron chi connectivity index (χ3n) is 5.59. The number of hydrogen-bond acceptors (Lipinski definition) is 3. The van der Waals surface area contributed by atoms with Crippen LogP contribution in [0.4, 0.5) is 5.69 Å². The van der Waals surface area contributed by atoms with Crippen LogP contribution >= 0.6 is 24.0 Å². The van der Waals surface area contributed by atoms with Gasteiger partial charge in [0.15, 0.2) is 5.96 Å². The van der Waals surface area contributed by atoms with Crippen molar-refractivity contribution in [3.63, 3.8) is 0 Å². The van der Waals surface area contributed by atoms with Crippen LogP contribution in [0.25, 0.3) is 0 Å². The van der Waals surface area contributed by atoms with Gasteiger partial charge in [-0.15, -0.1) is 24.0 Å². The van der Waals surface area contributed by atoms with Crippen molar-refractivity contribution >= 4 is 41.5 Å². The van der Waals surface area contributed by atoms with Crippen molar-refractivity contribution in [2.75, 3.05) is 31.1 Å². The van der Waals surface area contributed by atoms with E-state index in [9.17, 15) is 4.79 Å². The second-order valence-corrected chi connectivity index (χ2v) is 7.75. The molecule has 2 heterocycles. The average Bonchev–Trinajstić information content (AvgIpc) is 3.45. The molecule has 0 bridgehead atoms. The minimum Gasteiger partial charge on any atom is -0.376 e. The molecule has 2 aliphatic heterocycles. The highest BCUT2D eigenvalue weighted by Crippen LogP contribution is 2.27. The van der Waals surface area contributed by atoms with Gasteiger partial charge in [0.1, 0.15) is 0 Å². The van der Waals surface area contributed by atoms with Gasteiger partial charge in [-0.2, -0.15) is 0 Å². The molecule has 7 heteroatoms. The third kappa shape index (κ3) is 5.98. The van der Waals surface area contributed by atoms with Gasteiger partial charge in [0.25, 0.3) is 5.91 Å². The van der Waals surface area contributed by atoms with Crippen LogP contribution in [0.15, 0.2) is 53.5 Å². The number of aliphatic imine (C=N–C) groups is 1. The molecule has 1 atom stereocenters. The smallest absolute Gasteiger partial charge is 0.251 e. The zero-order valence-electron chi connectivity index (χ0n) is 18.0. The molecule has 2 aliphatic rings. The number of hydrogen-bond donors (Lipinski definition) is 2. The van der Waals surface area contributed by atoms with Crippen LogP contribution in [-0.2, 0) is 17.7 Å². The summed E-state index contributed by atoms with van der Waals surface area (Å²) in [6.07, 6.45) is 3.26. The Labute approximate surface area is 201 Å². The maximum Gasteiger partial charge on any atom is 0.251 e. The van der Waals surface area contributed by atoms with Crippen molar-refractivity contribution in [2.45, 2.75) is 38.8 Å². The van der Waals surface area contributed by atoms with Gasteiger partial charge in [-0.25, -0.2) is 4.99 Å². The Morgan fingerprint density at radius 1 is 1.19 bits per heavy atom. The summed E-state index contributed by atoms with van der Waals surface area (Å²) in [5.74, 6) is 0.826. The first-order valence-electron chi connectivity index (χ1n) is 10.9. The lowest BCUT2D eigenvalue weighted by Gasteiger charge is -2.22. The molecule has 0 radical (unpaired) electrons. The van der Waals surface area contributed by atoms with E-state index in [0.29, 0.717) is 18.7 Å². The van der Waals surface area contributed by atoms with Crippen LogP contribution in [0.2, 0.25) is 0 Å². The lowest BCUT2D eigenvalue weighted by atomic mass is 10.1. The van der Waals surface area contributed by atoms with Crippen LogP contribution in [0.3, 0.4) is 0 Å². The number of carbonyl (C=O) groups is 1. The number of benzene rings is 2. The molecule has 6 nitrogen and oxygen atoms in total. The van der Waals surface area contributed by atoms with E-state index in [2.05, 4.69) is 46.7 Å². The van der Waals surface area contributed by atoms with Crippen LogP contribution in [-0.4, -0.2) is 44.2 Å². The number of amides is 1. The van der Waals surface area contributed by atoms with Crippen molar-refractivity contribution in [1.82, 2.24) is 10.6 Å². The summed E-state index contributed by atoms with van der Waals surface area (Å²) in [6, 6.07) is 16.2. The van der Waals surface area contributed by atoms with Gasteiger partial charge in [-0.3, -0.25) is 4.79 Å². The summed E-state index contributed by atoms with van der Waals surface area (Å²) >= 11 is 0. The Balaban J connectivity index is 0.00000272. The molecule has 2 N–H and O–H groups in total. The van der Waals surface area contributed by atoms with E-state index < -0.39 is 0 Å². The molecule has 1 saturated heterocycles. The number of guanidine groups is 1. The van der Waals surface area contributed by atoms with E-state index in [-0.39, 0.29) is 36.0 Å². The number of anilines is 1. The van der Waals surface area contributed by atoms with Gasteiger partial charge in [0, 0.05) is 37.5 Å². The normalized spacial score (nSPS) is 17.8. The highest BCUT2D eigenvalue weighted by Gasteiger charge is 2.22. The fourth-order valence-corrected chi connectivity index (χ4v) is 4.04. The summed E-state index contributed by atoms with van der Waals surface area (Å²) in [5, 5.41) is 6.40. The summed E-state index contributed by atoms with van der Waals surface area (Å²) in [5.41, 5.74) is 4.26. The maximum absolute atomic E-state index is 12.5. The quantitative estimate of drug-likeness (QED) is 0.337. The molecule has 2 aromatic carbocycles. The Kier molecular flexibility index (Phi) is 8.71. The van der Waals surface area contributed by atoms with Gasteiger partial charge < -0.3 is 20.3 Å². The number of ether oxygens (including phenoxy) is 1. The minimum atomic E-state index is -0.0586. The SMILES string of the molecule is CCNC(=NCc1cccc(C(=O)NCC2CCCO2)c1)N1CCc2ccccc21.I. The molecule has 2 aromatic rings. The topological polar surface area (TPSA) is 66.0 Å². The van der Waals surface area contributed by atoms with Crippen molar-refractivity contribution in [3.05, 3.63) is 65.2 Å². The van der Waals surface area contributed by atoms with E-state index in [4.69, 9.17) is 9.73 Å². The Morgan fingerprint density at radius 3 is 2.87 bits per heavy atom. The first-order valence-corrected chi connectivity index (χ1v) is 10.9. The van der Waals surface area contributed by atoms with E-state index in [1.165, 1.54) is 11.3 Å². The number of rotatable bonds is 6. The van der Waals surface area contributed by atoms with Crippen LogP contribution in [0.5, 0.6) is 0 Å². The predicted molar refractivity (Wildman–Crippen MR) is 135 cm³/mol. The fraction of sp³-hybridized carbons (Fsp3) is 0.417. The molecule has 31 heavy (non-hydrogen) atoms. The fourth-order valence-electron chi connectivity index (χ4n) is 4.04.